The summed E-state index contributed by atoms with van der Waals surface area (Å²) < 4.78 is 26.4. The Labute approximate surface area is 179 Å². The van der Waals surface area contributed by atoms with Crippen molar-refractivity contribution in [3.63, 3.8) is 0 Å². The van der Waals surface area contributed by atoms with Gasteiger partial charge >= 0.3 is 0 Å². The lowest BCUT2D eigenvalue weighted by Crippen LogP contribution is -2.29. The van der Waals surface area contributed by atoms with Gasteiger partial charge in [-0.3, -0.25) is 4.79 Å². The molecule has 6 nitrogen and oxygen atoms in total. The zero-order valence-corrected chi connectivity index (χ0v) is 18.6. The molecule has 0 bridgehead atoms. The molecule has 0 aliphatic carbocycles. The summed E-state index contributed by atoms with van der Waals surface area (Å²) in [5.41, 5.74) is 3.43. The van der Waals surface area contributed by atoms with Gasteiger partial charge in [0.05, 0.1) is 5.75 Å². The van der Waals surface area contributed by atoms with E-state index >= 15 is 0 Å². The van der Waals surface area contributed by atoms with Crippen molar-refractivity contribution in [2.75, 3.05) is 31.1 Å². The average molecular weight is 430 g/mol. The number of benzene rings is 2. The quantitative estimate of drug-likeness (QED) is 0.663. The fourth-order valence-electron chi connectivity index (χ4n) is 3.72. The standard InChI is InChI=1S/C23H31N3O3S/c1-3-25(4-2)22-13-9-19(10-14-22)17-24-23(27)21-11-7-20(8-12-21)18-30(28,29)26-15-5-6-16-26/h7-14H,3-6,15-18H2,1-2H3,(H,24,27). The van der Waals surface area contributed by atoms with Gasteiger partial charge in [-0.1, -0.05) is 24.3 Å². The van der Waals surface area contributed by atoms with Crippen LogP contribution in [0.2, 0.25) is 0 Å². The second kappa shape index (κ2) is 10.1. The Kier molecular flexibility index (Phi) is 7.50. The Morgan fingerprint density at radius 1 is 0.933 bits per heavy atom. The third kappa shape index (κ3) is 5.61. The first-order chi connectivity index (χ1) is 14.4. The monoisotopic (exact) mass is 429 g/mol. The van der Waals surface area contributed by atoms with Crippen LogP contribution >= 0.6 is 0 Å². The number of carbonyl (C=O) groups is 1. The second-order valence-corrected chi connectivity index (χ2v) is 9.55. The highest BCUT2D eigenvalue weighted by molar-refractivity contribution is 7.88. The fourth-order valence-corrected chi connectivity index (χ4v) is 5.33. The maximum atomic E-state index is 12.4. The van der Waals surface area contributed by atoms with Crippen molar-refractivity contribution in [3.05, 3.63) is 65.2 Å². The SMILES string of the molecule is CCN(CC)c1ccc(CNC(=O)c2ccc(CS(=O)(=O)N3CCCC3)cc2)cc1. The summed E-state index contributed by atoms with van der Waals surface area (Å²) in [6, 6.07) is 15.0. The van der Waals surface area contributed by atoms with E-state index in [0.29, 0.717) is 30.8 Å². The number of amides is 1. The van der Waals surface area contributed by atoms with E-state index in [9.17, 15) is 13.2 Å². The van der Waals surface area contributed by atoms with Crippen LogP contribution in [-0.4, -0.2) is 44.8 Å². The Bertz CT molecular complexity index is 931. The van der Waals surface area contributed by atoms with Crippen molar-refractivity contribution < 1.29 is 13.2 Å². The molecule has 0 spiro atoms. The van der Waals surface area contributed by atoms with Crippen LogP contribution in [0.3, 0.4) is 0 Å². The summed E-state index contributed by atoms with van der Waals surface area (Å²) in [6.07, 6.45) is 1.85. The third-order valence-corrected chi connectivity index (χ3v) is 7.39. The molecule has 0 unspecified atom stereocenters. The maximum Gasteiger partial charge on any atom is 0.251 e. The van der Waals surface area contributed by atoms with Gasteiger partial charge in [0, 0.05) is 44.0 Å². The van der Waals surface area contributed by atoms with E-state index in [1.54, 1.807) is 28.6 Å². The van der Waals surface area contributed by atoms with Crippen molar-refractivity contribution in [2.45, 2.75) is 39.0 Å². The van der Waals surface area contributed by atoms with E-state index in [2.05, 4.69) is 36.2 Å². The number of rotatable bonds is 9. The molecule has 1 fully saturated rings. The lowest BCUT2D eigenvalue weighted by molar-refractivity contribution is 0.0951. The van der Waals surface area contributed by atoms with E-state index < -0.39 is 10.0 Å². The summed E-state index contributed by atoms with van der Waals surface area (Å²) in [5, 5.41) is 2.93. The lowest BCUT2D eigenvalue weighted by Gasteiger charge is -2.21. The highest BCUT2D eigenvalue weighted by atomic mass is 32.2. The summed E-state index contributed by atoms with van der Waals surface area (Å²) in [5.74, 6) is -0.190. The number of carbonyl (C=O) groups excluding carboxylic acids is 1. The minimum Gasteiger partial charge on any atom is -0.372 e. The molecule has 0 atom stereocenters. The topological polar surface area (TPSA) is 69.7 Å². The summed E-state index contributed by atoms with van der Waals surface area (Å²) in [7, 11) is -3.28. The molecule has 2 aromatic carbocycles. The Morgan fingerprint density at radius 2 is 1.50 bits per heavy atom. The Balaban J connectivity index is 1.54. The fraction of sp³-hybridized carbons (Fsp3) is 0.435. The first-order valence-electron chi connectivity index (χ1n) is 10.6. The number of hydrogen-bond acceptors (Lipinski definition) is 4. The summed E-state index contributed by atoms with van der Waals surface area (Å²) in [4.78, 5) is 14.7. The molecule has 0 aromatic heterocycles. The van der Waals surface area contributed by atoms with Gasteiger partial charge in [0.2, 0.25) is 10.0 Å². The molecule has 1 aliphatic heterocycles. The van der Waals surface area contributed by atoms with E-state index in [-0.39, 0.29) is 11.7 Å². The normalized spacial score (nSPS) is 14.6. The molecule has 3 rings (SSSR count). The van der Waals surface area contributed by atoms with Gasteiger partial charge in [-0.15, -0.1) is 0 Å². The number of nitrogens with zero attached hydrogens (tertiary/aromatic N) is 2. The van der Waals surface area contributed by atoms with Crippen LogP contribution in [0, 0.1) is 0 Å². The van der Waals surface area contributed by atoms with E-state index in [1.165, 1.54) is 5.69 Å². The predicted octanol–water partition coefficient (Wildman–Crippen LogP) is 3.39. The molecule has 1 aliphatic rings. The Morgan fingerprint density at radius 3 is 2.07 bits per heavy atom. The molecule has 1 amide bonds. The van der Waals surface area contributed by atoms with Crippen molar-refractivity contribution in [2.24, 2.45) is 0 Å². The molecular formula is C23H31N3O3S. The Hall–Kier alpha value is -2.38. The largest absolute Gasteiger partial charge is 0.372 e. The van der Waals surface area contributed by atoms with Gasteiger partial charge in [-0.25, -0.2) is 12.7 Å². The van der Waals surface area contributed by atoms with Gasteiger partial charge in [0.25, 0.3) is 5.91 Å². The van der Waals surface area contributed by atoms with Crippen LogP contribution in [0.25, 0.3) is 0 Å². The van der Waals surface area contributed by atoms with E-state index in [1.807, 2.05) is 12.1 Å². The maximum absolute atomic E-state index is 12.4. The zero-order chi connectivity index (χ0) is 21.6. The summed E-state index contributed by atoms with van der Waals surface area (Å²) >= 11 is 0. The summed E-state index contributed by atoms with van der Waals surface area (Å²) in [6.45, 7) is 7.85. The van der Waals surface area contributed by atoms with E-state index in [0.717, 1.165) is 31.5 Å². The minimum absolute atomic E-state index is 0.0201. The zero-order valence-electron chi connectivity index (χ0n) is 17.8. The molecule has 1 saturated heterocycles. The van der Waals surface area contributed by atoms with Gasteiger partial charge in [0.1, 0.15) is 0 Å². The smallest absolute Gasteiger partial charge is 0.251 e. The first-order valence-corrected chi connectivity index (χ1v) is 12.2. The van der Waals surface area contributed by atoms with Crippen molar-refractivity contribution in [1.82, 2.24) is 9.62 Å². The molecule has 2 aromatic rings. The molecule has 1 heterocycles. The van der Waals surface area contributed by atoms with Crippen LogP contribution < -0.4 is 10.2 Å². The van der Waals surface area contributed by atoms with Crippen molar-refractivity contribution in [1.29, 1.82) is 0 Å². The van der Waals surface area contributed by atoms with Crippen LogP contribution in [0.1, 0.15) is 48.2 Å². The number of sulfonamides is 1. The molecule has 162 valence electrons. The van der Waals surface area contributed by atoms with Crippen LogP contribution in [0.5, 0.6) is 0 Å². The number of nitrogens with one attached hydrogen (secondary N) is 1. The third-order valence-electron chi connectivity index (χ3n) is 5.54. The van der Waals surface area contributed by atoms with Crippen molar-refractivity contribution >= 4 is 21.6 Å². The van der Waals surface area contributed by atoms with Crippen LogP contribution in [0.15, 0.2) is 48.5 Å². The molecule has 0 radical (unpaired) electrons. The highest BCUT2D eigenvalue weighted by Crippen LogP contribution is 2.18. The van der Waals surface area contributed by atoms with Gasteiger partial charge < -0.3 is 10.2 Å². The number of anilines is 1. The molecular weight excluding hydrogens is 398 g/mol. The van der Waals surface area contributed by atoms with Crippen molar-refractivity contribution in [3.8, 4) is 0 Å². The molecule has 0 saturated carbocycles. The second-order valence-electron chi connectivity index (χ2n) is 7.58. The lowest BCUT2D eigenvalue weighted by atomic mass is 10.1. The molecule has 7 heteroatoms. The first kappa shape index (κ1) is 22.3. The van der Waals surface area contributed by atoms with Crippen LogP contribution in [-0.2, 0) is 22.3 Å². The van der Waals surface area contributed by atoms with Gasteiger partial charge in [-0.2, -0.15) is 0 Å². The van der Waals surface area contributed by atoms with Gasteiger partial charge in [0.15, 0.2) is 0 Å². The molecule has 30 heavy (non-hydrogen) atoms. The van der Waals surface area contributed by atoms with E-state index in [4.69, 9.17) is 0 Å². The van der Waals surface area contributed by atoms with Gasteiger partial charge in [-0.05, 0) is 62.1 Å². The predicted molar refractivity (Wildman–Crippen MR) is 121 cm³/mol. The minimum atomic E-state index is -3.28. The number of hydrogen-bond donors (Lipinski definition) is 1. The van der Waals surface area contributed by atoms with Crippen LogP contribution in [0.4, 0.5) is 5.69 Å². The average Bonchev–Trinajstić information content (AvgIpc) is 3.30. The molecule has 1 N–H and O–H groups in total. The highest BCUT2D eigenvalue weighted by Gasteiger charge is 2.25.